The number of alkyl halides is 3. The van der Waals surface area contributed by atoms with Crippen molar-refractivity contribution in [1.29, 1.82) is 0 Å². The van der Waals surface area contributed by atoms with Crippen molar-refractivity contribution in [2.24, 2.45) is 5.92 Å². The second-order valence-electron chi connectivity index (χ2n) is 6.91. The fourth-order valence-corrected chi connectivity index (χ4v) is 3.03. The summed E-state index contributed by atoms with van der Waals surface area (Å²) < 4.78 is 46.7. The highest BCUT2D eigenvalue weighted by atomic mass is 19.4. The molecule has 31 heavy (non-hydrogen) atoms. The quantitative estimate of drug-likeness (QED) is 0.416. The zero-order valence-corrected chi connectivity index (χ0v) is 15.7. The number of halogens is 3. The van der Waals surface area contributed by atoms with Crippen LogP contribution in [0, 0.1) is 5.92 Å². The van der Waals surface area contributed by atoms with Crippen LogP contribution in [0.25, 0.3) is 10.9 Å². The van der Waals surface area contributed by atoms with E-state index >= 15 is 0 Å². The third kappa shape index (κ3) is 4.40. The number of aromatic nitrogens is 2. The zero-order valence-electron chi connectivity index (χ0n) is 15.7. The fraction of sp³-hybridized carbons (Fsp3) is 0.200. The number of nitrogens with one attached hydrogen (secondary N) is 2. The van der Waals surface area contributed by atoms with Gasteiger partial charge in [0.1, 0.15) is 17.3 Å². The Bertz CT molecular complexity index is 1180. The van der Waals surface area contributed by atoms with Crippen LogP contribution in [-0.4, -0.2) is 27.0 Å². The maximum Gasteiger partial charge on any atom is 0.417 e. The number of pyridine rings is 2. The molecule has 4 rings (SSSR count). The molecule has 0 radical (unpaired) electrons. The Morgan fingerprint density at radius 1 is 1.10 bits per heavy atom. The first-order valence-corrected chi connectivity index (χ1v) is 9.15. The molecule has 160 valence electrons. The number of hydrogen-bond donors (Lipinski definition) is 3. The number of amides is 2. The van der Waals surface area contributed by atoms with Crippen LogP contribution in [0.5, 0.6) is 11.5 Å². The first-order chi connectivity index (χ1) is 14.8. The molecule has 11 heteroatoms. The van der Waals surface area contributed by atoms with E-state index in [2.05, 4.69) is 15.3 Å². The Balaban J connectivity index is 1.69. The third-order valence-corrected chi connectivity index (χ3v) is 4.64. The van der Waals surface area contributed by atoms with E-state index in [4.69, 9.17) is 9.94 Å². The van der Waals surface area contributed by atoms with Gasteiger partial charge in [-0.1, -0.05) is 0 Å². The van der Waals surface area contributed by atoms with Gasteiger partial charge in [-0.15, -0.1) is 0 Å². The van der Waals surface area contributed by atoms with Gasteiger partial charge in [0, 0.05) is 29.8 Å². The van der Waals surface area contributed by atoms with E-state index in [1.165, 1.54) is 35.9 Å². The van der Waals surface area contributed by atoms with Gasteiger partial charge in [0.15, 0.2) is 0 Å². The van der Waals surface area contributed by atoms with E-state index in [0.717, 1.165) is 25.1 Å². The number of hydroxylamine groups is 1. The van der Waals surface area contributed by atoms with Gasteiger partial charge in [-0.05, 0) is 37.1 Å². The van der Waals surface area contributed by atoms with E-state index in [1.807, 2.05) is 0 Å². The molecule has 3 aromatic rings. The van der Waals surface area contributed by atoms with Gasteiger partial charge in [0.25, 0.3) is 5.91 Å². The molecule has 0 unspecified atom stereocenters. The molecule has 1 aromatic carbocycles. The normalized spacial score (nSPS) is 13.7. The molecule has 0 bridgehead atoms. The lowest BCUT2D eigenvalue weighted by atomic mass is 10.0. The van der Waals surface area contributed by atoms with E-state index in [1.54, 1.807) is 0 Å². The van der Waals surface area contributed by atoms with Gasteiger partial charge in [-0.2, -0.15) is 13.2 Å². The Morgan fingerprint density at radius 2 is 1.84 bits per heavy atom. The zero-order chi connectivity index (χ0) is 22.2. The van der Waals surface area contributed by atoms with Gasteiger partial charge < -0.3 is 10.1 Å². The van der Waals surface area contributed by atoms with Crippen LogP contribution >= 0.6 is 0 Å². The molecule has 2 amide bonds. The third-order valence-electron chi connectivity index (χ3n) is 4.64. The SMILES string of the molecule is O=C(NO)c1cnc2ccc(Oc3ccnc(NC(=O)C4CC4)c3)cc2c1C(F)(F)F. The minimum Gasteiger partial charge on any atom is -0.457 e. The van der Waals surface area contributed by atoms with E-state index in [0.29, 0.717) is 0 Å². The highest BCUT2D eigenvalue weighted by Gasteiger charge is 2.38. The minimum atomic E-state index is -4.89. The number of rotatable bonds is 5. The lowest BCUT2D eigenvalue weighted by Gasteiger charge is -2.15. The summed E-state index contributed by atoms with van der Waals surface area (Å²) in [5.74, 6) is -0.956. The number of hydrogen-bond acceptors (Lipinski definition) is 6. The summed E-state index contributed by atoms with van der Waals surface area (Å²) in [7, 11) is 0. The van der Waals surface area contributed by atoms with Crippen molar-refractivity contribution in [3.8, 4) is 11.5 Å². The largest absolute Gasteiger partial charge is 0.457 e. The van der Waals surface area contributed by atoms with Crippen LogP contribution in [0.3, 0.4) is 0 Å². The molecule has 2 aromatic heterocycles. The van der Waals surface area contributed by atoms with Crippen LogP contribution < -0.4 is 15.5 Å². The number of carbonyl (C=O) groups is 2. The minimum absolute atomic E-state index is 0.0127. The van der Waals surface area contributed by atoms with Crippen LogP contribution in [0.15, 0.2) is 42.7 Å². The van der Waals surface area contributed by atoms with E-state index < -0.39 is 23.2 Å². The highest BCUT2D eigenvalue weighted by Crippen LogP contribution is 2.38. The average molecular weight is 432 g/mol. The molecular formula is C20H15F3N4O4. The van der Waals surface area contributed by atoms with Crippen LogP contribution in [-0.2, 0) is 11.0 Å². The summed E-state index contributed by atoms with van der Waals surface area (Å²) in [6, 6.07) is 6.77. The smallest absolute Gasteiger partial charge is 0.417 e. The van der Waals surface area contributed by atoms with Crippen molar-refractivity contribution in [2.75, 3.05) is 5.32 Å². The monoisotopic (exact) mass is 432 g/mol. The molecule has 2 heterocycles. The fourth-order valence-electron chi connectivity index (χ4n) is 3.03. The predicted octanol–water partition coefficient (Wildman–Crippen LogP) is 3.91. The molecule has 1 saturated carbocycles. The van der Waals surface area contributed by atoms with Crippen molar-refractivity contribution >= 4 is 28.5 Å². The van der Waals surface area contributed by atoms with Gasteiger partial charge in [-0.25, -0.2) is 10.5 Å². The molecule has 1 fully saturated rings. The summed E-state index contributed by atoms with van der Waals surface area (Å²) in [4.78, 5) is 31.5. The number of carbonyl (C=O) groups excluding carboxylic acids is 2. The predicted molar refractivity (Wildman–Crippen MR) is 102 cm³/mol. The van der Waals surface area contributed by atoms with E-state index in [-0.39, 0.29) is 40.0 Å². The van der Waals surface area contributed by atoms with Crippen molar-refractivity contribution < 1.29 is 32.7 Å². The average Bonchev–Trinajstić information content (AvgIpc) is 3.57. The van der Waals surface area contributed by atoms with Crippen molar-refractivity contribution in [2.45, 2.75) is 19.0 Å². The second-order valence-corrected chi connectivity index (χ2v) is 6.91. The molecule has 0 saturated heterocycles. The summed E-state index contributed by atoms with van der Waals surface area (Å²) in [6.45, 7) is 0. The standard InChI is InChI=1S/C20H15F3N4O4/c21-20(22,23)17-13-7-11(3-4-15(13)25-9-14(17)19(29)27-30)31-12-5-6-24-16(8-12)26-18(28)10-1-2-10/h3-10,30H,1-2H2,(H,27,29)(H,24,26,28). The topological polar surface area (TPSA) is 113 Å². The maximum atomic E-state index is 13.7. The van der Waals surface area contributed by atoms with Crippen LogP contribution in [0.1, 0.15) is 28.8 Å². The number of nitrogens with zero attached hydrogens (tertiary/aromatic N) is 2. The first kappa shape index (κ1) is 20.5. The number of ether oxygens (including phenoxy) is 1. The lowest BCUT2D eigenvalue weighted by molar-refractivity contribution is -0.136. The summed E-state index contributed by atoms with van der Waals surface area (Å²) in [5.41, 5.74) is -0.891. The summed E-state index contributed by atoms with van der Waals surface area (Å²) in [5, 5.41) is 11.1. The summed E-state index contributed by atoms with van der Waals surface area (Å²) in [6.07, 6.45) is -1.10. The first-order valence-electron chi connectivity index (χ1n) is 9.15. The van der Waals surface area contributed by atoms with Gasteiger partial charge in [-0.3, -0.25) is 19.8 Å². The Labute approximate surface area is 173 Å². The molecular weight excluding hydrogens is 417 g/mol. The molecule has 0 spiro atoms. The molecule has 8 nitrogen and oxygen atoms in total. The molecule has 0 atom stereocenters. The molecule has 1 aliphatic rings. The number of fused-ring (bicyclic) bond motifs is 1. The molecule has 3 N–H and O–H groups in total. The van der Waals surface area contributed by atoms with Crippen molar-refractivity contribution in [1.82, 2.24) is 15.4 Å². The summed E-state index contributed by atoms with van der Waals surface area (Å²) >= 11 is 0. The maximum absolute atomic E-state index is 13.7. The Hall–Kier alpha value is -3.73. The van der Waals surface area contributed by atoms with E-state index in [9.17, 15) is 22.8 Å². The Morgan fingerprint density at radius 3 is 2.52 bits per heavy atom. The van der Waals surface area contributed by atoms with Crippen LogP contribution in [0.2, 0.25) is 0 Å². The van der Waals surface area contributed by atoms with Gasteiger partial charge in [0.2, 0.25) is 5.91 Å². The highest BCUT2D eigenvalue weighted by molar-refractivity contribution is 6.00. The Kier molecular flexibility index (Phi) is 5.19. The second kappa shape index (κ2) is 7.84. The molecule has 0 aliphatic heterocycles. The lowest BCUT2D eigenvalue weighted by Crippen LogP contribution is -2.23. The van der Waals surface area contributed by atoms with Crippen LogP contribution in [0.4, 0.5) is 19.0 Å². The van der Waals surface area contributed by atoms with Crippen molar-refractivity contribution in [3.05, 3.63) is 53.9 Å². The van der Waals surface area contributed by atoms with Gasteiger partial charge >= 0.3 is 6.18 Å². The van der Waals surface area contributed by atoms with Gasteiger partial charge in [0.05, 0.1) is 16.6 Å². The number of anilines is 1. The molecule has 1 aliphatic carbocycles. The van der Waals surface area contributed by atoms with Crippen molar-refractivity contribution in [3.63, 3.8) is 0 Å². The number of benzene rings is 1.